The molecule has 0 fully saturated rings. The molecule has 0 N–H and O–H groups in total. The number of aryl methyl sites for hydroxylation is 2. The lowest BCUT2D eigenvalue weighted by Gasteiger charge is -2.32. The number of hydrogen-bond donors (Lipinski definition) is 0. The molecule has 0 spiro atoms. The Bertz CT molecular complexity index is 852. The Morgan fingerprint density at radius 1 is 0.783 bits per heavy atom. The number of nitrogens with zero attached hydrogens (tertiary/aromatic N) is 1. The number of aromatic nitrogens is 1. The van der Waals surface area contributed by atoms with Crippen LogP contribution in [0, 0.1) is 6.92 Å². The number of pyridine rings is 1. The van der Waals surface area contributed by atoms with E-state index in [0.29, 0.717) is 6.71 Å². The topological polar surface area (TPSA) is 3.88 Å². The van der Waals surface area contributed by atoms with E-state index >= 15 is 0 Å². The molecular formula is C21H19BN+. The van der Waals surface area contributed by atoms with Gasteiger partial charge in [-0.3, -0.25) is 0 Å². The Labute approximate surface area is 137 Å². The van der Waals surface area contributed by atoms with Crippen molar-refractivity contribution in [2.75, 3.05) is 0 Å². The van der Waals surface area contributed by atoms with Crippen molar-refractivity contribution in [2.45, 2.75) is 19.8 Å². The summed E-state index contributed by atoms with van der Waals surface area (Å²) in [6.07, 6.45) is 4.33. The van der Waals surface area contributed by atoms with E-state index in [-0.39, 0.29) is 0 Å². The Hall–Kier alpha value is -2.35. The van der Waals surface area contributed by atoms with Gasteiger partial charge in [0.15, 0.2) is 6.20 Å². The zero-order chi connectivity index (χ0) is 15.6. The summed E-state index contributed by atoms with van der Waals surface area (Å²) in [5, 5.41) is 0. The van der Waals surface area contributed by atoms with E-state index in [1.54, 1.807) is 5.46 Å². The van der Waals surface area contributed by atoms with Gasteiger partial charge in [0, 0.05) is 18.1 Å². The SMILES string of the molecule is Cc1cccc2c1B1c3c(cccc3Cc3ccc[n+](C)c31)C2. The van der Waals surface area contributed by atoms with Gasteiger partial charge >= 0.3 is 6.71 Å². The lowest BCUT2D eigenvalue weighted by atomic mass is 9.31. The molecular weight excluding hydrogens is 277 g/mol. The molecule has 2 aliphatic rings. The normalized spacial score (nSPS) is 14.1. The molecule has 0 radical (unpaired) electrons. The minimum atomic E-state index is 0.390. The zero-order valence-corrected chi connectivity index (χ0v) is 13.6. The molecule has 110 valence electrons. The summed E-state index contributed by atoms with van der Waals surface area (Å²) in [4.78, 5) is 0. The highest BCUT2D eigenvalue weighted by Crippen LogP contribution is 2.22. The molecule has 0 saturated carbocycles. The standard InChI is InChI=1S/C21H19BN/c1-14-6-3-7-15-12-16-8-4-9-17-13-18-10-5-11-23(2)21(18)22(19(14)15)20(16)17/h3-11H,12-13H2,1-2H3/q+1. The minimum Gasteiger partial charge on any atom is -0.213 e. The lowest BCUT2D eigenvalue weighted by Crippen LogP contribution is -2.70. The molecule has 0 aliphatic carbocycles. The highest BCUT2D eigenvalue weighted by molar-refractivity contribution is 6.96. The van der Waals surface area contributed by atoms with Gasteiger partial charge in [-0.05, 0) is 36.1 Å². The molecule has 1 nitrogen and oxygen atoms in total. The summed E-state index contributed by atoms with van der Waals surface area (Å²) >= 11 is 0. The van der Waals surface area contributed by atoms with Gasteiger partial charge in [-0.2, -0.15) is 0 Å². The van der Waals surface area contributed by atoms with Crippen molar-refractivity contribution in [2.24, 2.45) is 7.05 Å². The monoisotopic (exact) mass is 296 g/mol. The van der Waals surface area contributed by atoms with Crippen LogP contribution in [0.1, 0.15) is 27.8 Å². The van der Waals surface area contributed by atoms with Gasteiger partial charge in [-0.15, -0.1) is 0 Å². The molecule has 0 unspecified atom stereocenters. The van der Waals surface area contributed by atoms with E-state index < -0.39 is 0 Å². The highest BCUT2D eigenvalue weighted by atomic mass is 14.9. The fourth-order valence-electron chi connectivity index (χ4n) is 4.70. The third-order valence-electron chi connectivity index (χ3n) is 5.63. The summed E-state index contributed by atoms with van der Waals surface area (Å²) in [5.41, 5.74) is 12.0. The fraction of sp³-hybridized carbons (Fsp3) is 0.190. The smallest absolute Gasteiger partial charge is 0.213 e. The Kier molecular flexibility index (Phi) is 2.61. The van der Waals surface area contributed by atoms with Crippen molar-refractivity contribution in [3.05, 3.63) is 82.5 Å². The van der Waals surface area contributed by atoms with Gasteiger partial charge in [0.05, 0.1) is 0 Å². The maximum Gasteiger partial charge on any atom is 0.327 e. The van der Waals surface area contributed by atoms with Crippen molar-refractivity contribution in [3.8, 4) is 0 Å². The molecule has 23 heavy (non-hydrogen) atoms. The van der Waals surface area contributed by atoms with E-state index in [1.807, 2.05) is 0 Å². The van der Waals surface area contributed by atoms with Crippen molar-refractivity contribution >= 4 is 23.2 Å². The van der Waals surface area contributed by atoms with Crippen molar-refractivity contribution in [1.82, 2.24) is 0 Å². The Morgan fingerprint density at radius 2 is 1.39 bits per heavy atom. The minimum absolute atomic E-state index is 0.390. The van der Waals surface area contributed by atoms with Gasteiger partial charge in [-0.1, -0.05) is 52.9 Å². The summed E-state index contributed by atoms with van der Waals surface area (Å²) in [6.45, 7) is 2.66. The van der Waals surface area contributed by atoms with E-state index in [4.69, 9.17) is 0 Å². The second-order valence-corrected chi connectivity index (χ2v) is 6.95. The van der Waals surface area contributed by atoms with Crippen LogP contribution in [0.3, 0.4) is 0 Å². The second kappa shape index (κ2) is 4.58. The molecule has 0 saturated heterocycles. The van der Waals surface area contributed by atoms with Gasteiger partial charge in [0.2, 0.25) is 0 Å². The average Bonchev–Trinajstić information content (AvgIpc) is 2.55. The maximum atomic E-state index is 2.33. The van der Waals surface area contributed by atoms with Gasteiger partial charge in [-0.25, -0.2) is 4.57 Å². The summed E-state index contributed by atoms with van der Waals surface area (Å²) in [6, 6.07) is 18.2. The first kappa shape index (κ1) is 13.1. The van der Waals surface area contributed by atoms with Crippen LogP contribution in [0.5, 0.6) is 0 Å². The van der Waals surface area contributed by atoms with Crippen LogP contribution in [-0.4, -0.2) is 6.71 Å². The number of rotatable bonds is 0. The number of benzene rings is 2. The summed E-state index contributed by atoms with van der Waals surface area (Å²) < 4.78 is 2.33. The van der Waals surface area contributed by atoms with Crippen LogP contribution in [0.2, 0.25) is 0 Å². The average molecular weight is 296 g/mol. The first-order valence-corrected chi connectivity index (χ1v) is 8.40. The van der Waals surface area contributed by atoms with Gasteiger partial charge in [0.1, 0.15) is 12.6 Å². The Balaban J connectivity index is 1.91. The first-order chi connectivity index (χ1) is 11.2. The van der Waals surface area contributed by atoms with E-state index in [0.717, 1.165) is 12.8 Å². The molecule has 0 bridgehead atoms. The molecule has 0 atom stereocenters. The molecule has 2 heteroatoms. The number of fused-ring (bicyclic) bond motifs is 4. The predicted molar refractivity (Wildman–Crippen MR) is 95.5 cm³/mol. The summed E-state index contributed by atoms with van der Waals surface area (Å²) in [5.74, 6) is 0. The highest BCUT2D eigenvalue weighted by Gasteiger charge is 2.42. The van der Waals surface area contributed by atoms with Crippen molar-refractivity contribution < 1.29 is 4.57 Å². The molecule has 2 aliphatic heterocycles. The quantitative estimate of drug-likeness (QED) is 0.298. The van der Waals surface area contributed by atoms with Crippen LogP contribution in [0.15, 0.2) is 54.7 Å². The molecule has 3 heterocycles. The maximum absolute atomic E-state index is 2.33. The predicted octanol–water partition coefficient (Wildman–Crippen LogP) is 1.14. The molecule has 2 aromatic carbocycles. The van der Waals surface area contributed by atoms with Crippen molar-refractivity contribution in [1.29, 1.82) is 0 Å². The van der Waals surface area contributed by atoms with E-state index in [2.05, 4.69) is 73.3 Å². The second-order valence-electron chi connectivity index (χ2n) is 6.95. The fourth-order valence-corrected chi connectivity index (χ4v) is 4.70. The third-order valence-corrected chi connectivity index (χ3v) is 5.63. The summed E-state index contributed by atoms with van der Waals surface area (Å²) in [7, 11) is 2.19. The molecule has 3 aromatic rings. The zero-order valence-electron chi connectivity index (χ0n) is 13.6. The van der Waals surface area contributed by atoms with Crippen molar-refractivity contribution in [3.63, 3.8) is 0 Å². The van der Waals surface area contributed by atoms with Crippen LogP contribution in [0.4, 0.5) is 0 Å². The Morgan fingerprint density at radius 3 is 2.17 bits per heavy atom. The molecule has 0 amide bonds. The van der Waals surface area contributed by atoms with Gasteiger partial charge < -0.3 is 0 Å². The lowest BCUT2D eigenvalue weighted by molar-refractivity contribution is -0.654. The first-order valence-electron chi connectivity index (χ1n) is 8.40. The van der Waals surface area contributed by atoms with Crippen LogP contribution < -0.4 is 21.1 Å². The van der Waals surface area contributed by atoms with Crippen LogP contribution >= 0.6 is 0 Å². The van der Waals surface area contributed by atoms with E-state index in [9.17, 15) is 0 Å². The van der Waals surface area contributed by atoms with Gasteiger partial charge in [0.25, 0.3) is 0 Å². The number of hydrogen-bond acceptors (Lipinski definition) is 0. The van der Waals surface area contributed by atoms with Crippen LogP contribution in [-0.2, 0) is 19.9 Å². The van der Waals surface area contributed by atoms with Crippen LogP contribution in [0.25, 0.3) is 0 Å². The van der Waals surface area contributed by atoms with E-state index in [1.165, 1.54) is 38.9 Å². The third kappa shape index (κ3) is 1.72. The molecule has 5 rings (SSSR count). The molecule has 1 aromatic heterocycles. The largest absolute Gasteiger partial charge is 0.327 e.